The van der Waals surface area contributed by atoms with Crippen LogP contribution >= 0.6 is 0 Å². The van der Waals surface area contributed by atoms with E-state index in [9.17, 15) is 0 Å². The number of methoxy groups -OCH3 is 1. The van der Waals surface area contributed by atoms with E-state index in [4.69, 9.17) is 15.2 Å². The highest BCUT2D eigenvalue weighted by molar-refractivity contribution is 5.56. The molecule has 3 heteroatoms. The van der Waals surface area contributed by atoms with Crippen molar-refractivity contribution >= 4 is 5.69 Å². The first-order valence-corrected chi connectivity index (χ1v) is 6.29. The molecule has 0 saturated heterocycles. The van der Waals surface area contributed by atoms with E-state index in [1.165, 1.54) is 12.8 Å². The summed E-state index contributed by atoms with van der Waals surface area (Å²) in [5.41, 5.74) is 6.49. The first kappa shape index (κ1) is 12.1. The SMILES string of the molecule is COc1ccc(OC2CCC(C)CC2)cc1N. The van der Waals surface area contributed by atoms with Crippen LogP contribution in [0.2, 0.25) is 0 Å². The summed E-state index contributed by atoms with van der Waals surface area (Å²) < 4.78 is 11.1. The van der Waals surface area contributed by atoms with Crippen molar-refractivity contribution in [2.75, 3.05) is 12.8 Å². The molecule has 2 rings (SSSR count). The van der Waals surface area contributed by atoms with Gasteiger partial charge >= 0.3 is 0 Å². The normalized spacial score (nSPS) is 24.4. The molecule has 0 unspecified atom stereocenters. The highest BCUT2D eigenvalue weighted by atomic mass is 16.5. The van der Waals surface area contributed by atoms with Gasteiger partial charge in [-0.2, -0.15) is 0 Å². The summed E-state index contributed by atoms with van der Waals surface area (Å²) in [7, 11) is 1.62. The van der Waals surface area contributed by atoms with Gasteiger partial charge in [0.2, 0.25) is 0 Å². The van der Waals surface area contributed by atoms with Gasteiger partial charge in [-0.15, -0.1) is 0 Å². The Morgan fingerprint density at radius 1 is 1.18 bits per heavy atom. The largest absolute Gasteiger partial charge is 0.495 e. The van der Waals surface area contributed by atoms with Crippen LogP contribution in [-0.4, -0.2) is 13.2 Å². The molecule has 1 fully saturated rings. The minimum atomic E-state index is 0.346. The number of ether oxygens (including phenoxy) is 2. The monoisotopic (exact) mass is 235 g/mol. The van der Waals surface area contributed by atoms with Crippen molar-refractivity contribution in [1.29, 1.82) is 0 Å². The number of nitrogen functional groups attached to an aromatic ring is 1. The molecule has 3 nitrogen and oxygen atoms in total. The molecular weight excluding hydrogens is 214 g/mol. The Morgan fingerprint density at radius 2 is 1.88 bits per heavy atom. The van der Waals surface area contributed by atoms with E-state index in [0.717, 1.165) is 24.5 Å². The molecule has 0 atom stereocenters. The van der Waals surface area contributed by atoms with Crippen LogP contribution in [0.3, 0.4) is 0 Å². The van der Waals surface area contributed by atoms with Crippen molar-refractivity contribution in [2.45, 2.75) is 38.7 Å². The zero-order chi connectivity index (χ0) is 12.3. The smallest absolute Gasteiger partial charge is 0.142 e. The van der Waals surface area contributed by atoms with Gasteiger partial charge in [0.25, 0.3) is 0 Å². The quantitative estimate of drug-likeness (QED) is 0.818. The van der Waals surface area contributed by atoms with Crippen molar-refractivity contribution in [2.24, 2.45) is 5.92 Å². The van der Waals surface area contributed by atoms with Gasteiger partial charge in [0.05, 0.1) is 18.9 Å². The average Bonchev–Trinajstić information content (AvgIpc) is 2.32. The maximum Gasteiger partial charge on any atom is 0.142 e. The Hall–Kier alpha value is -1.38. The number of hydrogen-bond donors (Lipinski definition) is 1. The average molecular weight is 235 g/mol. The Bertz CT molecular complexity index is 370. The Labute approximate surface area is 103 Å². The molecule has 0 radical (unpaired) electrons. The van der Waals surface area contributed by atoms with Gasteiger partial charge in [-0.25, -0.2) is 0 Å². The lowest BCUT2D eigenvalue weighted by Gasteiger charge is -2.27. The van der Waals surface area contributed by atoms with E-state index in [1.807, 2.05) is 18.2 Å². The molecule has 1 aromatic carbocycles. The molecule has 0 amide bonds. The third-order valence-corrected chi connectivity index (χ3v) is 3.47. The second-order valence-electron chi connectivity index (χ2n) is 4.90. The predicted octanol–water partition coefficient (Wildman–Crippen LogP) is 3.23. The molecular formula is C14H21NO2. The number of hydrogen-bond acceptors (Lipinski definition) is 3. The minimum Gasteiger partial charge on any atom is -0.495 e. The molecule has 1 aliphatic carbocycles. The molecule has 0 aliphatic heterocycles. The van der Waals surface area contributed by atoms with E-state index >= 15 is 0 Å². The fourth-order valence-corrected chi connectivity index (χ4v) is 2.33. The fraction of sp³-hybridized carbons (Fsp3) is 0.571. The number of rotatable bonds is 3. The van der Waals surface area contributed by atoms with E-state index in [-0.39, 0.29) is 0 Å². The summed E-state index contributed by atoms with van der Waals surface area (Å²) in [6, 6.07) is 5.63. The summed E-state index contributed by atoms with van der Waals surface area (Å²) in [5.74, 6) is 2.40. The predicted molar refractivity (Wildman–Crippen MR) is 69.5 cm³/mol. The number of benzene rings is 1. The van der Waals surface area contributed by atoms with Gasteiger partial charge in [0.15, 0.2) is 0 Å². The first-order chi connectivity index (χ1) is 8.19. The summed E-state index contributed by atoms with van der Waals surface area (Å²) in [6.45, 7) is 2.31. The van der Waals surface area contributed by atoms with Crippen LogP contribution in [0, 0.1) is 5.92 Å². The topological polar surface area (TPSA) is 44.5 Å². The molecule has 2 N–H and O–H groups in total. The lowest BCUT2D eigenvalue weighted by Crippen LogP contribution is -2.23. The summed E-state index contributed by atoms with van der Waals surface area (Å²) in [4.78, 5) is 0. The molecule has 1 saturated carbocycles. The van der Waals surface area contributed by atoms with Crippen molar-refractivity contribution in [1.82, 2.24) is 0 Å². The van der Waals surface area contributed by atoms with Crippen LogP contribution < -0.4 is 15.2 Å². The van der Waals surface area contributed by atoms with Crippen molar-refractivity contribution in [3.63, 3.8) is 0 Å². The molecule has 0 bridgehead atoms. The second-order valence-corrected chi connectivity index (χ2v) is 4.90. The molecule has 94 valence electrons. The van der Waals surface area contributed by atoms with Crippen molar-refractivity contribution < 1.29 is 9.47 Å². The van der Waals surface area contributed by atoms with Gasteiger partial charge in [-0.1, -0.05) is 6.92 Å². The Balaban J connectivity index is 1.97. The van der Waals surface area contributed by atoms with Crippen LogP contribution in [0.15, 0.2) is 18.2 Å². The van der Waals surface area contributed by atoms with Crippen LogP contribution in [0.25, 0.3) is 0 Å². The zero-order valence-electron chi connectivity index (χ0n) is 10.6. The third-order valence-electron chi connectivity index (χ3n) is 3.47. The Morgan fingerprint density at radius 3 is 2.47 bits per heavy atom. The van der Waals surface area contributed by atoms with E-state index in [0.29, 0.717) is 17.5 Å². The summed E-state index contributed by atoms with van der Waals surface area (Å²) >= 11 is 0. The molecule has 0 aromatic heterocycles. The van der Waals surface area contributed by atoms with Crippen LogP contribution in [0.4, 0.5) is 5.69 Å². The zero-order valence-corrected chi connectivity index (χ0v) is 10.6. The molecule has 1 aromatic rings. The van der Waals surface area contributed by atoms with E-state index in [1.54, 1.807) is 7.11 Å². The third kappa shape index (κ3) is 3.05. The van der Waals surface area contributed by atoms with Crippen molar-refractivity contribution in [3.05, 3.63) is 18.2 Å². The maximum atomic E-state index is 5.95. The van der Waals surface area contributed by atoms with Crippen LogP contribution in [-0.2, 0) is 0 Å². The Kier molecular flexibility index (Phi) is 3.77. The van der Waals surface area contributed by atoms with Gasteiger partial charge in [0, 0.05) is 6.07 Å². The van der Waals surface area contributed by atoms with E-state index < -0.39 is 0 Å². The molecule has 17 heavy (non-hydrogen) atoms. The standard InChI is InChI=1S/C14H21NO2/c1-10-3-5-11(6-4-10)17-12-7-8-14(16-2)13(15)9-12/h7-11H,3-6,15H2,1-2H3. The highest BCUT2D eigenvalue weighted by Gasteiger charge is 2.19. The molecule has 0 spiro atoms. The summed E-state index contributed by atoms with van der Waals surface area (Å²) in [6.07, 6.45) is 5.16. The lowest BCUT2D eigenvalue weighted by molar-refractivity contribution is 0.135. The van der Waals surface area contributed by atoms with Crippen LogP contribution in [0.5, 0.6) is 11.5 Å². The van der Waals surface area contributed by atoms with Gasteiger partial charge in [-0.05, 0) is 43.7 Å². The minimum absolute atomic E-state index is 0.346. The van der Waals surface area contributed by atoms with Crippen LogP contribution in [0.1, 0.15) is 32.6 Å². The number of anilines is 1. The second kappa shape index (κ2) is 5.30. The van der Waals surface area contributed by atoms with Gasteiger partial charge < -0.3 is 15.2 Å². The summed E-state index contributed by atoms with van der Waals surface area (Å²) in [5, 5.41) is 0. The lowest BCUT2D eigenvalue weighted by atomic mass is 9.89. The highest BCUT2D eigenvalue weighted by Crippen LogP contribution is 2.30. The fourth-order valence-electron chi connectivity index (χ4n) is 2.33. The van der Waals surface area contributed by atoms with E-state index in [2.05, 4.69) is 6.92 Å². The maximum absolute atomic E-state index is 5.95. The molecule has 1 aliphatic rings. The molecule has 0 heterocycles. The van der Waals surface area contributed by atoms with Gasteiger partial charge in [-0.3, -0.25) is 0 Å². The number of nitrogens with two attached hydrogens (primary N) is 1. The first-order valence-electron chi connectivity index (χ1n) is 6.29. The van der Waals surface area contributed by atoms with Gasteiger partial charge in [0.1, 0.15) is 11.5 Å². The van der Waals surface area contributed by atoms with Crippen molar-refractivity contribution in [3.8, 4) is 11.5 Å².